The second-order valence-electron chi connectivity index (χ2n) is 5.11. The Bertz CT molecular complexity index is 853. The van der Waals surface area contributed by atoms with Crippen LogP contribution in [0, 0.1) is 0 Å². The molecule has 2 amide bonds. The van der Waals surface area contributed by atoms with Crippen LogP contribution in [0.25, 0.3) is 10.9 Å². The summed E-state index contributed by atoms with van der Waals surface area (Å²) < 4.78 is 1.92. The summed E-state index contributed by atoms with van der Waals surface area (Å²) in [7, 11) is 0. The van der Waals surface area contributed by atoms with Gasteiger partial charge in [-0.25, -0.2) is 0 Å². The van der Waals surface area contributed by atoms with Gasteiger partial charge in [0.15, 0.2) is 0 Å². The summed E-state index contributed by atoms with van der Waals surface area (Å²) in [6.07, 6.45) is 0. The standard InChI is InChI=1S/C18H17N3O2/c1-2-21-15-11-7-6-10-14(15)12-16(21)18(23)20-19-17(22)13-8-4-3-5-9-13/h3-12H,2H2,1H3,(H,19,22)(H,20,23). The second kappa shape index (κ2) is 6.36. The molecule has 116 valence electrons. The number of nitrogens with zero attached hydrogens (tertiary/aromatic N) is 1. The summed E-state index contributed by atoms with van der Waals surface area (Å²) in [6, 6.07) is 18.4. The van der Waals surface area contributed by atoms with Gasteiger partial charge in [-0.2, -0.15) is 0 Å². The lowest BCUT2D eigenvalue weighted by molar-refractivity contribution is 0.0842. The Labute approximate surface area is 133 Å². The van der Waals surface area contributed by atoms with Gasteiger partial charge in [-0.05, 0) is 31.2 Å². The fraction of sp³-hybridized carbons (Fsp3) is 0.111. The Kier molecular flexibility index (Phi) is 4.10. The molecule has 2 N–H and O–H groups in total. The highest BCUT2D eigenvalue weighted by Crippen LogP contribution is 2.19. The maximum Gasteiger partial charge on any atom is 0.286 e. The zero-order valence-corrected chi connectivity index (χ0v) is 12.7. The summed E-state index contributed by atoms with van der Waals surface area (Å²) in [4.78, 5) is 24.4. The zero-order chi connectivity index (χ0) is 16.2. The summed E-state index contributed by atoms with van der Waals surface area (Å²) in [5, 5.41) is 0.994. The van der Waals surface area contributed by atoms with Crippen LogP contribution in [0.4, 0.5) is 0 Å². The minimum absolute atomic E-state index is 0.340. The number of aryl methyl sites for hydroxylation is 1. The van der Waals surface area contributed by atoms with Crippen LogP contribution < -0.4 is 10.9 Å². The van der Waals surface area contributed by atoms with Crippen LogP contribution in [0.5, 0.6) is 0 Å². The highest BCUT2D eigenvalue weighted by atomic mass is 16.2. The molecule has 0 aliphatic rings. The van der Waals surface area contributed by atoms with Crippen molar-refractivity contribution < 1.29 is 9.59 Å². The first-order valence-corrected chi connectivity index (χ1v) is 7.44. The van der Waals surface area contributed by atoms with E-state index in [4.69, 9.17) is 0 Å². The highest BCUT2D eigenvalue weighted by Gasteiger charge is 2.15. The SMILES string of the molecule is CCn1c(C(=O)NNC(=O)c2ccccc2)cc2ccccc21. The van der Waals surface area contributed by atoms with Crippen molar-refractivity contribution in [2.24, 2.45) is 0 Å². The first-order chi connectivity index (χ1) is 11.2. The lowest BCUT2D eigenvalue weighted by Gasteiger charge is -2.10. The van der Waals surface area contributed by atoms with E-state index in [2.05, 4.69) is 10.9 Å². The van der Waals surface area contributed by atoms with Gasteiger partial charge in [0, 0.05) is 23.0 Å². The Hall–Kier alpha value is -3.08. The van der Waals surface area contributed by atoms with Crippen LogP contribution in [-0.4, -0.2) is 16.4 Å². The number of aromatic nitrogens is 1. The summed E-state index contributed by atoms with van der Waals surface area (Å²) in [6.45, 7) is 2.65. The molecular weight excluding hydrogens is 290 g/mol. The van der Waals surface area contributed by atoms with E-state index in [0.29, 0.717) is 17.8 Å². The van der Waals surface area contributed by atoms with Crippen molar-refractivity contribution in [3.05, 3.63) is 71.9 Å². The van der Waals surface area contributed by atoms with Crippen LogP contribution in [0.3, 0.4) is 0 Å². The van der Waals surface area contributed by atoms with Crippen molar-refractivity contribution in [2.75, 3.05) is 0 Å². The van der Waals surface area contributed by atoms with Crippen molar-refractivity contribution >= 4 is 22.7 Å². The predicted octanol–water partition coefficient (Wildman–Crippen LogP) is 2.74. The van der Waals surface area contributed by atoms with Gasteiger partial charge in [0.25, 0.3) is 11.8 Å². The average Bonchev–Trinajstić information content (AvgIpc) is 2.98. The third kappa shape index (κ3) is 2.94. The smallest absolute Gasteiger partial charge is 0.286 e. The third-order valence-corrected chi connectivity index (χ3v) is 3.68. The zero-order valence-electron chi connectivity index (χ0n) is 12.7. The molecule has 1 aromatic heterocycles. The monoisotopic (exact) mass is 307 g/mol. The van der Waals surface area contributed by atoms with Gasteiger partial charge in [-0.1, -0.05) is 36.4 Å². The summed E-state index contributed by atoms with van der Waals surface area (Å²) in [5.74, 6) is -0.689. The van der Waals surface area contributed by atoms with E-state index < -0.39 is 0 Å². The Morgan fingerprint density at radius 2 is 1.57 bits per heavy atom. The van der Waals surface area contributed by atoms with Gasteiger partial charge in [-0.3, -0.25) is 20.4 Å². The number of fused-ring (bicyclic) bond motifs is 1. The van der Waals surface area contributed by atoms with Gasteiger partial charge < -0.3 is 4.57 Å². The highest BCUT2D eigenvalue weighted by molar-refractivity contribution is 6.01. The predicted molar refractivity (Wildman–Crippen MR) is 89.0 cm³/mol. The number of nitrogens with one attached hydrogen (secondary N) is 2. The number of hydrogen-bond acceptors (Lipinski definition) is 2. The number of rotatable bonds is 3. The van der Waals surface area contributed by atoms with E-state index in [1.165, 1.54) is 0 Å². The number of amides is 2. The molecule has 23 heavy (non-hydrogen) atoms. The molecular formula is C18H17N3O2. The van der Waals surface area contributed by atoms with E-state index in [-0.39, 0.29) is 11.8 Å². The molecule has 3 rings (SSSR count). The van der Waals surface area contributed by atoms with Crippen molar-refractivity contribution in [1.29, 1.82) is 0 Å². The maximum absolute atomic E-state index is 12.4. The topological polar surface area (TPSA) is 63.1 Å². The van der Waals surface area contributed by atoms with E-state index >= 15 is 0 Å². The van der Waals surface area contributed by atoms with Crippen molar-refractivity contribution in [2.45, 2.75) is 13.5 Å². The van der Waals surface area contributed by atoms with E-state index in [1.807, 2.05) is 47.9 Å². The number of benzene rings is 2. The lowest BCUT2D eigenvalue weighted by Crippen LogP contribution is -2.42. The van der Waals surface area contributed by atoms with Crippen molar-refractivity contribution in [3.63, 3.8) is 0 Å². The maximum atomic E-state index is 12.4. The molecule has 2 aromatic carbocycles. The van der Waals surface area contributed by atoms with Gasteiger partial charge in [0.05, 0.1) is 0 Å². The number of hydrazine groups is 1. The normalized spacial score (nSPS) is 10.5. The van der Waals surface area contributed by atoms with Gasteiger partial charge in [-0.15, -0.1) is 0 Å². The van der Waals surface area contributed by atoms with Crippen LogP contribution in [0.2, 0.25) is 0 Å². The quantitative estimate of drug-likeness (QED) is 0.731. The molecule has 5 heteroatoms. The van der Waals surface area contributed by atoms with Crippen molar-refractivity contribution in [1.82, 2.24) is 15.4 Å². The van der Waals surface area contributed by atoms with Gasteiger partial charge >= 0.3 is 0 Å². The van der Waals surface area contributed by atoms with Crippen LogP contribution in [0.15, 0.2) is 60.7 Å². The molecule has 0 radical (unpaired) electrons. The molecule has 0 aliphatic carbocycles. The molecule has 0 bridgehead atoms. The number of hydrogen-bond donors (Lipinski definition) is 2. The molecule has 0 saturated heterocycles. The largest absolute Gasteiger partial charge is 0.337 e. The Morgan fingerprint density at radius 3 is 2.30 bits per heavy atom. The molecule has 0 fully saturated rings. The fourth-order valence-electron chi connectivity index (χ4n) is 2.58. The Morgan fingerprint density at radius 1 is 0.913 bits per heavy atom. The van der Waals surface area contributed by atoms with E-state index in [9.17, 15) is 9.59 Å². The minimum atomic E-state index is -0.349. The fourth-order valence-corrected chi connectivity index (χ4v) is 2.58. The summed E-state index contributed by atoms with van der Waals surface area (Å²) in [5.41, 5.74) is 6.92. The lowest BCUT2D eigenvalue weighted by atomic mass is 10.2. The number of carbonyl (C=O) groups excluding carboxylic acids is 2. The molecule has 0 atom stereocenters. The number of para-hydroxylation sites is 1. The van der Waals surface area contributed by atoms with Gasteiger partial charge in [0.2, 0.25) is 0 Å². The molecule has 0 spiro atoms. The van der Waals surface area contributed by atoms with Gasteiger partial charge in [0.1, 0.15) is 5.69 Å². The first-order valence-electron chi connectivity index (χ1n) is 7.44. The molecule has 0 unspecified atom stereocenters. The third-order valence-electron chi connectivity index (χ3n) is 3.68. The van der Waals surface area contributed by atoms with Crippen molar-refractivity contribution in [3.8, 4) is 0 Å². The summed E-state index contributed by atoms with van der Waals surface area (Å²) >= 11 is 0. The molecule has 0 aliphatic heterocycles. The Balaban J connectivity index is 1.77. The van der Waals surface area contributed by atoms with E-state index in [0.717, 1.165) is 10.9 Å². The van der Waals surface area contributed by atoms with Crippen LogP contribution in [0.1, 0.15) is 27.8 Å². The van der Waals surface area contributed by atoms with Crippen LogP contribution >= 0.6 is 0 Å². The minimum Gasteiger partial charge on any atom is -0.337 e. The number of carbonyl (C=O) groups is 2. The second-order valence-corrected chi connectivity index (χ2v) is 5.11. The average molecular weight is 307 g/mol. The molecule has 0 saturated carbocycles. The molecule has 3 aromatic rings. The first kappa shape index (κ1) is 14.8. The molecule has 5 nitrogen and oxygen atoms in total. The molecule has 1 heterocycles. The van der Waals surface area contributed by atoms with Crippen LogP contribution in [-0.2, 0) is 6.54 Å². The van der Waals surface area contributed by atoms with E-state index in [1.54, 1.807) is 24.3 Å².